The average Bonchev–Trinajstić information content (AvgIpc) is 3.00. The van der Waals surface area contributed by atoms with Crippen LogP contribution in [-0.2, 0) is 16.6 Å². The maximum absolute atomic E-state index is 12.2. The first-order valence-corrected chi connectivity index (χ1v) is 8.25. The Morgan fingerprint density at radius 2 is 2.05 bits per heavy atom. The molecule has 0 spiro atoms. The molecule has 0 unspecified atom stereocenters. The molecule has 0 radical (unpaired) electrons. The summed E-state index contributed by atoms with van der Waals surface area (Å²) in [6, 6.07) is 3.06. The van der Waals surface area contributed by atoms with Gasteiger partial charge < -0.3 is 0 Å². The second kappa shape index (κ2) is 5.81. The Labute approximate surface area is 116 Å². The third-order valence-electron chi connectivity index (χ3n) is 2.70. The van der Waals surface area contributed by atoms with E-state index >= 15 is 0 Å². The van der Waals surface area contributed by atoms with Gasteiger partial charge in [-0.3, -0.25) is 0 Å². The zero-order chi connectivity index (χ0) is 13.9. The van der Waals surface area contributed by atoms with Crippen LogP contribution in [0.4, 0.5) is 0 Å². The highest BCUT2D eigenvalue weighted by Gasteiger charge is 2.23. The van der Waals surface area contributed by atoms with Crippen molar-refractivity contribution in [2.45, 2.75) is 30.6 Å². The van der Waals surface area contributed by atoms with Crippen LogP contribution in [0.3, 0.4) is 0 Å². The molecular weight excluding hydrogens is 284 g/mol. The van der Waals surface area contributed by atoms with Gasteiger partial charge in [-0.25, -0.2) is 13.1 Å². The largest absolute Gasteiger partial charge is 0.250 e. The van der Waals surface area contributed by atoms with Crippen molar-refractivity contribution in [1.29, 1.82) is 0 Å². The summed E-state index contributed by atoms with van der Waals surface area (Å²) in [5, 5.41) is 9.75. The van der Waals surface area contributed by atoms with Crippen molar-refractivity contribution in [3.05, 3.63) is 29.9 Å². The Morgan fingerprint density at radius 1 is 1.37 bits per heavy atom. The van der Waals surface area contributed by atoms with Gasteiger partial charge in [-0.05, 0) is 17.4 Å². The van der Waals surface area contributed by atoms with E-state index in [1.54, 1.807) is 29.9 Å². The molecule has 6 nitrogen and oxygen atoms in total. The SMILES string of the molecule is CC(C)[C@H](Cn1nccn1)NS(=O)(=O)c1cccs1. The van der Waals surface area contributed by atoms with Crippen molar-refractivity contribution < 1.29 is 8.42 Å². The number of nitrogens with zero attached hydrogens (tertiary/aromatic N) is 3. The van der Waals surface area contributed by atoms with E-state index in [4.69, 9.17) is 0 Å². The van der Waals surface area contributed by atoms with E-state index in [9.17, 15) is 8.42 Å². The fourth-order valence-electron chi connectivity index (χ4n) is 1.57. The standard InChI is InChI=1S/C11H16N4O2S2/c1-9(2)10(8-15-12-5-6-13-15)14-19(16,17)11-4-3-7-18-11/h3-7,9-10,14H,8H2,1-2H3/t10-/m0/s1. The van der Waals surface area contributed by atoms with Gasteiger partial charge in [0.15, 0.2) is 0 Å². The van der Waals surface area contributed by atoms with Gasteiger partial charge in [0.1, 0.15) is 4.21 Å². The Bertz CT molecular complexity index is 591. The molecule has 0 aliphatic carbocycles. The summed E-state index contributed by atoms with van der Waals surface area (Å²) < 4.78 is 27.4. The molecule has 0 fully saturated rings. The Hall–Kier alpha value is -1.25. The summed E-state index contributed by atoms with van der Waals surface area (Å²) >= 11 is 1.20. The lowest BCUT2D eigenvalue weighted by atomic mass is 10.1. The molecule has 19 heavy (non-hydrogen) atoms. The van der Waals surface area contributed by atoms with Crippen molar-refractivity contribution in [3.63, 3.8) is 0 Å². The molecule has 0 aliphatic heterocycles. The molecule has 0 saturated heterocycles. The van der Waals surface area contributed by atoms with Crippen LogP contribution in [0.1, 0.15) is 13.8 Å². The molecule has 0 amide bonds. The Kier molecular flexibility index (Phi) is 4.33. The van der Waals surface area contributed by atoms with E-state index in [2.05, 4.69) is 14.9 Å². The second-order valence-corrected chi connectivity index (χ2v) is 7.38. The minimum atomic E-state index is -3.46. The molecule has 1 N–H and O–H groups in total. The van der Waals surface area contributed by atoms with Gasteiger partial charge >= 0.3 is 0 Å². The molecule has 0 aliphatic rings. The lowest BCUT2D eigenvalue weighted by Gasteiger charge is -2.21. The van der Waals surface area contributed by atoms with Crippen LogP contribution in [0, 0.1) is 5.92 Å². The van der Waals surface area contributed by atoms with Crippen molar-refractivity contribution in [2.24, 2.45) is 5.92 Å². The van der Waals surface area contributed by atoms with Crippen LogP contribution in [0.25, 0.3) is 0 Å². The molecular formula is C11H16N4O2S2. The van der Waals surface area contributed by atoms with Gasteiger partial charge in [0, 0.05) is 6.04 Å². The van der Waals surface area contributed by atoms with Gasteiger partial charge in [-0.15, -0.1) is 11.3 Å². The van der Waals surface area contributed by atoms with Gasteiger partial charge in [0.05, 0.1) is 18.9 Å². The highest BCUT2D eigenvalue weighted by molar-refractivity contribution is 7.91. The first-order valence-electron chi connectivity index (χ1n) is 5.89. The molecule has 1 atom stereocenters. The van der Waals surface area contributed by atoms with Crippen LogP contribution >= 0.6 is 11.3 Å². The molecule has 2 aromatic rings. The zero-order valence-corrected chi connectivity index (χ0v) is 12.4. The third kappa shape index (κ3) is 3.62. The number of sulfonamides is 1. The van der Waals surface area contributed by atoms with Crippen LogP contribution < -0.4 is 4.72 Å². The van der Waals surface area contributed by atoms with E-state index in [-0.39, 0.29) is 12.0 Å². The fraction of sp³-hybridized carbons (Fsp3) is 0.455. The molecule has 2 heterocycles. The van der Waals surface area contributed by atoms with E-state index in [0.717, 1.165) is 0 Å². The molecule has 104 valence electrons. The maximum atomic E-state index is 12.2. The minimum absolute atomic E-state index is 0.140. The van der Waals surface area contributed by atoms with Crippen molar-refractivity contribution in [3.8, 4) is 0 Å². The van der Waals surface area contributed by atoms with Gasteiger partial charge in [-0.2, -0.15) is 15.0 Å². The molecule has 2 aromatic heterocycles. The minimum Gasteiger partial charge on any atom is -0.206 e. The number of hydrogen-bond donors (Lipinski definition) is 1. The maximum Gasteiger partial charge on any atom is 0.250 e. The third-order valence-corrected chi connectivity index (χ3v) is 5.59. The molecule has 2 rings (SSSR count). The fourth-order valence-corrected chi connectivity index (χ4v) is 3.96. The first-order chi connectivity index (χ1) is 8.99. The summed E-state index contributed by atoms with van der Waals surface area (Å²) in [5.41, 5.74) is 0. The highest BCUT2D eigenvalue weighted by atomic mass is 32.2. The van der Waals surface area contributed by atoms with Crippen molar-refractivity contribution >= 4 is 21.4 Å². The topological polar surface area (TPSA) is 76.9 Å². The van der Waals surface area contributed by atoms with Crippen LogP contribution in [-0.4, -0.2) is 29.5 Å². The first kappa shape index (κ1) is 14.2. The highest BCUT2D eigenvalue weighted by Crippen LogP contribution is 2.17. The van der Waals surface area contributed by atoms with Gasteiger partial charge in [0.2, 0.25) is 10.0 Å². The van der Waals surface area contributed by atoms with Crippen LogP contribution in [0.5, 0.6) is 0 Å². The predicted molar refractivity (Wildman–Crippen MR) is 73.3 cm³/mol. The molecule has 8 heteroatoms. The number of aromatic nitrogens is 3. The number of hydrogen-bond acceptors (Lipinski definition) is 5. The summed E-state index contributed by atoms with van der Waals surface area (Å²) in [6.45, 7) is 4.34. The van der Waals surface area contributed by atoms with Gasteiger partial charge in [0.25, 0.3) is 0 Å². The Balaban J connectivity index is 2.13. The van der Waals surface area contributed by atoms with E-state index in [0.29, 0.717) is 10.8 Å². The zero-order valence-electron chi connectivity index (χ0n) is 10.7. The summed E-state index contributed by atoms with van der Waals surface area (Å²) in [5.74, 6) is 0.140. The summed E-state index contributed by atoms with van der Waals surface area (Å²) in [6.07, 6.45) is 3.15. The van der Waals surface area contributed by atoms with E-state index in [1.807, 2.05) is 13.8 Å². The van der Waals surface area contributed by atoms with E-state index in [1.165, 1.54) is 16.1 Å². The van der Waals surface area contributed by atoms with Crippen molar-refractivity contribution in [2.75, 3.05) is 0 Å². The normalized spacial score (nSPS) is 13.8. The van der Waals surface area contributed by atoms with Crippen LogP contribution in [0.15, 0.2) is 34.1 Å². The van der Waals surface area contributed by atoms with Crippen molar-refractivity contribution in [1.82, 2.24) is 19.7 Å². The Morgan fingerprint density at radius 3 is 2.58 bits per heavy atom. The quantitative estimate of drug-likeness (QED) is 0.873. The molecule has 0 saturated carbocycles. The lowest BCUT2D eigenvalue weighted by molar-refractivity contribution is 0.361. The molecule has 0 bridgehead atoms. The second-order valence-electron chi connectivity index (χ2n) is 4.49. The average molecular weight is 300 g/mol. The van der Waals surface area contributed by atoms with Crippen LogP contribution in [0.2, 0.25) is 0 Å². The number of rotatable bonds is 6. The number of nitrogens with one attached hydrogen (secondary N) is 1. The molecule has 0 aromatic carbocycles. The van der Waals surface area contributed by atoms with E-state index < -0.39 is 10.0 Å². The predicted octanol–water partition coefficient (Wildman–Crippen LogP) is 1.34. The van der Waals surface area contributed by atoms with Gasteiger partial charge in [-0.1, -0.05) is 19.9 Å². The summed E-state index contributed by atoms with van der Waals surface area (Å²) in [4.78, 5) is 1.49. The lowest BCUT2D eigenvalue weighted by Crippen LogP contribution is -2.41. The smallest absolute Gasteiger partial charge is 0.206 e. The monoisotopic (exact) mass is 300 g/mol. The number of thiophene rings is 1. The summed E-state index contributed by atoms with van der Waals surface area (Å²) in [7, 11) is -3.46.